The Hall–Kier alpha value is -3.01. The number of hydrogen-bond donors (Lipinski definition) is 0. The number of hydrazone groups is 1. The Labute approximate surface area is 195 Å². The summed E-state index contributed by atoms with van der Waals surface area (Å²) in [4.78, 5) is 18.0. The van der Waals surface area contributed by atoms with Crippen molar-refractivity contribution in [3.8, 4) is 0 Å². The Kier molecular flexibility index (Phi) is 11.2. The Morgan fingerprint density at radius 3 is 1.79 bits per heavy atom. The van der Waals surface area contributed by atoms with E-state index in [9.17, 15) is 0 Å². The third kappa shape index (κ3) is 9.98. The van der Waals surface area contributed by atoms with E-state index in [1.54, 1.807) is 23.7 Å². The summed E-state index contributed by atoms with van der Waals surface area (Å²) in [6.45, 7) is 4.95. The van der Waals surface area contributed by atoms with E-state index in [2.05, 4.69) is 25.1 Å². The molecule has 2 aromatic heterocycles. The number of nitrogens with zero attached hydrogens (tertiary/aromatic N) is 6. The van der Waals surface area contributed by atoms with Gasteiger partial charge >= 0.3 is 0 Å². The summed E-state index contributed by atoms with van der Waals surface area (Å²) in [6.07, 6.45) is 6.95. The van der Waals surface area contributed by atoms with Crippen LogP contribution < -0.4 is 5.01 Å². The Balaban J connectivity index is 1.63. The predicted molar refractivity (Wildman–Crippen MR) is 131 cm³/mol. The first-order valence-electron chi connectivity index (χ1n) is 11.3. The molecule has 9 heteroatoms. The summed E-state index contributed by atoms with van der Waals surface area (Å²) in [6, 6.07) is 11.5. The highest BCUT2D eigenvalue weighted by Gasteiger charge is 2.02. The van der Waals surface area contributed by atoms with Crippen LogP contribution in [0.2, 0.25) is 0 Å². The van der Waals surface area contributed by atoms with Gasteiger partial charge in [0.15, 0.2) is 0 Å². The number of ether oxygens (including phenoxy) is 3. The lowest BCUT2D eigenvalue weighted by molar-refractivity contribution is 0.0143. The molecule has 1 aliphatic heterocycles. The number of hydrogen-bond acceptors (Lipinski definition) is 9. The van der Waals surface area contributed by atoms with Gasteiger partial charge in [0.25, 0.3) is 0 Å². The van der Waals surface area contributed by atoms with Crippen molar-refractivity contribution in [1.29, 1.82) is 0 Å². The van der Waals surface area contributed by atoms with E-state index in [1.165, 1.54) is 0 Å². The second kappa shape index (κ2) is 14.9. The van der Waals surface area contributed by atoms with Crippen LogP contribution in [-0.4, -0.2) is 88.4 Å². The van der Waals surface area contributed by atoms with E-state index >= 15 is 0 Å². The molecule has 176 valence electrons. The Morgan fingerprint density at radius 2 is 1.15 bits per heavy atom. The molecule has 1 aliphatic rings. The maximum Gasteiger partial charge on any atom is 0.149 e. The number of fused-ring (bicyclic) bond motifs is 4. The zero-order chi connectivity index (χ0) is 23.0. The van der Waals surface area contributed by atoms with Gasteiger partial charge in [0.2, 0.25) is 0 Å². The van der Waals surface area contributed by atoms with Gasteiger partial charge in [0, 0.05) is 45.8 Å². The maximum absolute atomic E-state index is 5.57. The Bertz CT molecular complexity index is 919. The minimum atomic E-state index is 0.565. The fourth-order valence-corrected chi connectivity index (χ4v) is 2.88. The fraction of sp³-hybridized carbons (Fsp3) is 0.458. The van der Waals surface area contributed by atoms with Crippen LogP contribution >= 0.6 is 0 Å². The summed E-state index contributed by atoms with van der Waals surface area (Å²) in [5.74, 6) is 0.722. The summed E-state index contributed by atoms with van der Waals surface area (Å²) in [7, 11) is 1.85. The Morgan fingerprint density at radius 1 is 0.636 bits per heavy atom. The number of aromatic nitrogens is 2. The number of anilines is 1. The highest BCUT2D eigenvalue weighted by atomic mass is 16.5. The third-order valence-electron chi connectivity index (χ3n) is 4.59. The molecule has 0 aliphatic carbocycles. The zero-order valence-electron chi connectivity index (χ0n) is 19.2. The molecular weight excluding hydrogens is 420 g/mol. The van der Waals surface area contributed by atoms with Crippen LogP contribution in [0.3, 0.4) is 0 Å². The first kappa shape index (κ1) is 24.6. The van der Waals surface area contributed by atoms with E-state index in [0.717, 1.165) is 35.7 Å². The smallest absolute Gasteiger partial charge is 0.149 e. The molecular formula is C24H32N6O3. The molecule has 0 radical (unpaired) electrons. The van der Waals surface area contributed by atoms with Crippen molar-refractivity contribution in [3.63, 3.8) is 0 Å². The SMILES string of the molecule is CN1/N=C/c2cccc(n2)C=NCCCOCCOCCOCCCN=Cc2cccc1n2. The second-order valence-electron chi connectivity index (χ2n) is 7.29. The molecule has 0 unspecified atom stereocenters. The minimum Gasteiger partial charge on any atom is -0.379 e. The highest BCUT2D eigenvalue weighted by molar-refractivity contribution is 5.82. The molecule has 0 saturated carbocycles. The van der Waals surface area contributed by atoms with E-state index in [4.69, 9.17) is 14.2 Å². The second-order valence-corrected chi connectivity index (χ2v) is 7.29. The van der Waals surface area contributed by atoms with Gasteiger partial charge in [-0.3, -0.25) is 15.0 Å². The predicted octanol–water partition coefficient (Wildman–Crippen LogP) is 2.63. The molecule has 0 atom stereocenters. The summed E-state index contributed by atoms with van der Waals surface area (Å²) < 4.78 is 16.6. The van der Waals surface area contributed by atoms with E-state index in [-0.39, 0.29) is 0 Å². The van der Waals surface area contributed by atoms with Gasteiger partial charge in [-0.05, 0) is 37.1 Å². The molecule has 0 fully saturated rings. The van der Waals surface area contributed by atoms with E-state index in [0.29, 0.717) is 52.7 Å². The number of rotatable bonds is 0. The van der Waals surface area contributed by atoms with Crippen LogP contribution in [0, 0.1) is 0 Å². The first-order valence-corrected chi connectivity index (χ1v) is 11.3. The largest absolute Gasteiger partial charge is 0.379 e. The number of pyridine rings is 2. The van der Waals surface area contributed by atoms with Crippen molar-refractivity contribution in [3.05, 3.63) is 53.5 Å². The molecule has 9 nitrogen and oxygen atoms in total. The van der Waals surface area contributed by atoms with Crippen molar-refractivity contribution in [1.82, 2.24) is 9.97 Å². The van der Waals surface area contributed by atoms with Crippen LogP contribution in [0.4, 0.5) is 5.82 Å². The average Bonchev–Trinajstić information content (AvgIpc) is 2.84. The van der Waals surface area contributed by atoms with Gasteiger partial charge in [-0.1, -0.05) is 12.1 Å². The molecule has 4 bridgehead atoms. The topological polar surface area (TPSA) is 93.8 Å². The van der Waals surface area contributed by atoms with Gasteiger partial charge in [-0.15, -0.1) is 0 Å². The molecule has 0 aromatic carbocycles. The van der Waals surface area contributed by atoms with Crippen molar-refractivity contribution in [2.24, 2.45) is 15.1 Å². The lowest BCUT2D eigenvalue weighted by Gasteiger charge is -2.11. The van der Waals surface area contributed by atoms with Crippen molar-refractivity contribution in [2.45, 2.75) is 12.8 Å². The average molecular weight is 453 g/mol. The van der Waals surface area contributed by atoms with E-state index < -0.39 is 0 Å². The summed E-state index contributed by atoms with van der Waals surface area (Å²) in [5, 5.41) is 6.18. The zero-order valence-corrected chi connectivity index (χ0v) is 19.2. The van der Waals surface area contributed by atoms with Crippen LogP contribution in [0.1, 0.15) is 29.9 Å². The van der Waals surface area contributed by atoms with Gasteiger partial charge in [-0.2, -0.15) is 5.10 Å². The highest BCUT2D eigenvalue weighted by Crippen LogP contribution is 2.09. The summed E-state index contributed by atoms with van der Waals surface area (Å²) in [5.41, 5.74) is 2.32. The van der Waals surface area contributed by atoms with Crippen molar-refractivity contribution < 1.29 is 14.2 Å². The monoisotopic (exact) mass is 452 g/mol. The van der Waals surface area contributed by atoms with Crippen molar-refractivity contribution >= 4 is 24.5 Å². The fourth-order valence-electron chi connectivity index (χ4n) is 2.88. The molecule has 2 aromatic rings. The van der Waals surface area contributed by atoms with Crippen LogP contribution in [0.5, 0.6) is 0 Å². The molecule has 0 spiro atoms. The molecule has 3 rings (SSSR count). The molecule has 0 N–H and O–H groups in total. The lowest BCUT2D eigenvalue weighted by atomic mass is 10.3. The van der Waals surface area contributed by atoms with E-state index in [1.807, 2.05) is 43.4 Å². The van der Waals surface area contributed by atoms with Gasteiger partial charge in [0.1, 0.15) is 5.82 Å². The van der Waals surface area contributed by atoms with Crippen molar-refractivity contribution in [2.75, 3.05) is 64.8 Å². The number of aliphatic imine (C=N–C) groups is 2. The normalized spacial score (nSPS) is 18.6. The van der Waals surface area contributed by atoms with Crippen LogP contribution in [-0.2, 0) is 14.2 Å². The molecule has 33 heavy (non-hydrogen) atoms. The van der Waals surface area contributed by atoms with Gasteiger partial charge in [0.05, 0.1) is 49.7 Å². The quantitative estimate of drug-likeness (QED) is 0.610. The standard InChI is InChI=1S/C24H32N6O3/c1-30-24-9-3-8-22(29-24)19-26-11-5-13-32-15-17-33-16-14-31-12-4-10-25-18-21-6-2-7-23(28-21)20-27-30/h2-3,6-9,18-20H,4-5,10-17H2,1H3/b25-18?,26-19?,27-20+. The molecule has 3 heterocycles. The third-order valence-corrected chi connectivity index (χ3v) is 4.59. The lowest BCUT2D eigenvalue weighted by Crippen LogP contribution is -2.12. The van der Waals surface area contributed by atoms with Crippen LogP contribution in [0.15, 0.2) is 51.5 Å². The maximum atomic E-state index is 5.57. The molecule has 0 saturated heterocycles. The first-order chi connectivity index (χ1) is 16.3. The minimum absolute atomic E-state index is 0.565. The van der Waals surface area contributed by atoms with Gasteiger partial charge in [-0.25, -0.2) is 9.97 Å². The van der Waals surface area contributed by atoms with Crippen LogP contribution in [0.25, 0.3) is 0 Å². The molecule has 0 amide bonds. The summed E-state index contributed by atoms with van der Waals surface area (Å²) >= 11 is 0. The van der Waals surface area contributed by atoms with Gasteiger partial charge < -0.3 is 14.2 Å².